The summed E-state index contributed by atoms with van der Waals surface area (Å²) in [6.45, 7) is 13.2. The van der Waals surface area contributed by atoms with Gasteiger partial charge in [0, 0.05) is 45.1 Å². The normalized spacial score (nSPS) is 28.1. The van der Waals surface area contributed by atoms with Crippen molar-refractivity contribution >= 4 is 11.9 Å². The Bertz CT molecular complexity index is 487. The van der Waals surface area contributed by atoms with E-state index in [2.05, 4.69) is 37.9 Å². The van der Waals surface area contributed by atoms with Gasteiger partial charge in [0.25, 0.3) is 0 Å². The molecule has 3 unspecified atom stereocenters. The van der Waals surface area contributed by atoms with E-state index >= 15 is 0 Å². The third-order valence-electron chi connectivity index (χ3n) is 5.42. The van der Waals surface area contributed by atoms with E-state index in [0.717, 1.165) is 58.0 Å². The van der Waals surface area contributed by atoms with Crippen molar-refractivity contribution in [3.05, 3.63) is 0 Å². The van der Waals surface area contributed by atoms with Crippen LogP contribution >= 0.6 is 0 Å². The van der Waals surface area contributed by atoms with Crippen molar-refractivity contribution < 1.29 is 9.53 Å². The molecular formula is C20H38N4O2. The highest BCUT2D eigenvalue weighted by molar-refractivity contribution is 5.80. The smallest absolute Gasteiger partial charge is 0.217 e. The van der Waals surface area contributed by atoms with Gasteiger partial charge in [-0.1, -0.05) is 20.8 Å². The van der Waals surface area contributed by atoms with Gasteiger partial charge in [-0.2, -0.15) is 0 Å². The number of nitrogens with zero attached hydrogens (tertiary/aromatic N) is 2. The number of nitrogens with two attached hydrogens (primary N) is 1. The molecule has 6 nitrogen and oxygen atoms in total. The van der Waals surface area contributed by atoms with Crippen LogP contribution in [0.15, 0.2) is 4.99 Å². The molecule has 0 radical (unpaired) electrons. The SMILES string of the molecule is CCNC(=NCC1CCCOC1C(C)(C)C)N1CCCC(CC(N)=O)C1. The number of amides is 1. The number of likely N-dealkylation sites (tertiary alicyclic amines) is 1. The summed E-state index contributed by atoms with van der Waals surface area (Å²) in [4.78, 5) is 18.6. The van der Waals surface area contributed by atoms with Crippen molar-refractivity contribution in [1.29, 1.82) is 0 Å². The van der Waals surface area contributed by atoms with Gasteiger partial charge in [0.2, 0.25) is 5.91 Å². The molecule has 3 atom stereocenters. The number of nitrogens with one attached hydrogen (secondary N) is 1. The minimum absolute atomic E-state index is 0.136. The Labute approximate surface area is 158 Å². The number of aliphatic imine (C=N–C) groups is 1. The van der Waals surface area contributed by atoms with E-state index in [-0.39, 0.29) is 17.4 Å². The van der Waals surface area contributed by atoms with Crippen molar-refractivity contribution in [1.82, 2.24) is 10.2 Å². The van der Waals surface area contributed by atoms with Crippen LogP contribution in [0.1, 0.15) is 59.8 Å². The zero-order chi connectivity index (χ0) is 19.2. The van der Waals surface area contributed by atoms with Crippen molar-refractivity contribution in [2.75, 3.05) is 32.8 Å². The number of piperidine rings is 1. The lowest BCUT2D eigenvalue weighted by Gasteiger charge is -2.40. The molecule has 2 saturated heterocycles. The van der Waals surface area contributed by atoms with Crippen molar-refractivity contribution in [3.8, 4) is 0 Å². The first kappa shape index (κ1) is 21.0. The van der Waals surface area contributed by atoms with Crippen LogP contribution in [0.3, 0.4) is 0 Å². The van der Waals surface area contributed by atoms with Crippen LogP contribution in [-0.4, -0.2) is 55.7 Å². The minimum Gasteiger partial charge on any atom is -0.377 e. The van der Waals surface area contributed by atoms with Gasteiger partial charge in [-0.25, -0.2) is 0 Å². The van der Waals surface area contributed by atoms with Crippen LogP contribution in [0.25, 0.3) is 0 Å². The molecule has 3 N–H and O–H groups in total. The molecule has 150 valence electrons. The van der Waals surface area contributed by atoms with Crippen molar-refractivity contribution in [3.63, 3.8) is 0 Å². The Kier molecular flexibility index (Phi) is 7.74. The molecule has 0 aromatic heterocycles. The van der Waals surface area contributed by atoms with Gasteiger partial charge < -0.3 is 20.7 Å². The van der Waals surface area contributed by atoms with Crippen LogP contribution in [0.4, 0.5) is 0 Å². The lowest BCUT2D eigenvalue weighted by atomic mass is 9.78. The summed E-state index contributed by atoms with van der Waals surface area (Å²) in [7, 11) is 0. The standard InChI is InChI=1S/C20H38N4O2/c1-5-22-19(24-10-6-8-15(14-24)12-17(21)25)23-13-16-9-7-11-26-18(16)20(2,3)4/h15-16,18H,5-14H2,1-4H3,(H2,21,25)(H,22,23). The lowest BCUT2D eigenvalue weighted by molar-refractivity contribution is -0.119. The molecule has 2 fully saturated rings. The van der Waals surface area contributed by atoms with E-state index in [1.807, 2.05) is 0 Å². The number of carbonyl (C=O) groups excluding carboxylic acids is 1. The molecule has 0 aromatic rings. The van der Waals surface area contributed by atoms with Crippen LogP contribution < -0.4 is 11.1 Å². The number of carbonyl (C=O) groups is 1. The molecule has 26 heavy (non-hydrogen) atoms. The van der Waals surface area contributed by atoms with Gasteiger partial charge in [-0.3, -0.25) is 9.79 Å². The number of ether oxygens (including phenoxy) is 1. The largest absolute Gasteiger partial charge is 0.377 e. The summed E-state index contributed by atoms with van der Waals surface area (Å²) in [5.74, 6) is 1.57. The molecule has 0 saturated carbocycles. The Morgan fingerprint density at radius 2 is 2.08 bits per heavy atom. The maximum absolute atomic E-state index is 11.3. The minimum atomic E-state index is -0.203. The first-order valence-corrected chi connectivity index (χ1v) is 10.2. The summed E-state index contributed by atoms with van der Waals surface area (Å²) in [6, 6.07) is 0. The summed E-state index contributed by atoms with van der Waals surface area (Å²) in [5.41, 5.74) is 5.53. The average molecular weight is 367 g/mol. The van der Waals surface area contributed by atoms with E-state index in [9.17, 15) is 4.79 Å². The maximum atomic E-state index is 11.3. The van der Waals surface area contributed by atoms with Gasteiger partial charge in [0.15, 0.2) is 5.96 Å². The van der Waals surface area contributed by atoms with Gasteiger partial charge in [0.05, 0.1) is 6.10 Å². The van der Waals surface area contributed by atoms with E-state index in [4.69, 9.17) is 15.5 Å². The highest BCUT2D eigenvalue weighted by Crippen LogP contribution is 2.34. The zero-order valence-electron chi connectivity index (χ0n) is 17.1. The van der Waals surface area contributed by atoms with Gasteiger partial charge in [-0.15, -0.1) is 0 Å². The summed E-state index contributed by atoms with van der Waals surface area (Å²) < 4.78 is 6.10. The molecule has 0 bridgehead atoms. The first-order chi connectivity index (χ1) is 12.3. The molecule has 2 heterocycles. The summed E-state index contributed by atoms with van der Waals surface area (Å²) in [6.07, 6.45) is 5.18. The van der Waals surface area contributed by atoms with Crippen LogP contribution in [-0.2, 0) is 9.53 Å². The van der Waals surface area contributed by atoms with E-state index in [0.29, 0.717) is 18.3 Å². The molecule has 0 spiro atoms. The molecule has 2 aliphatic rings. The topological polar surface area (TPSA) is 80.0 Å². The third kappa shape index (κ3) is 6.15. The number of guanidine groups is 1. The van der Waals surface area contributed by atoms with E-state index in [1.165, 1.54) is 6.42 Å². The predicted molar refractivity (Wildman–Crippen MR) is 106 cm³/mol. The molecule has 2 rings (SSSR count). The van der Waals surface area contributed by atoms with Crippen LogP contribution in [0.5, 0.6) is 0 Å². The number of primary amides is 1. The fraction of sp³-hybridized carbons (Fsp3) is 0.900. The number of hydrogen-bond acceptors (Lipinski definition) is 3. The molecule has 0 aromatic carbocycles. The van der Waals surface area contributed by atoms with Crippen LogP contribution in [0.2, 0.25) is 0 Å². The second-order valence-corrected chi connectivity index (χ2v) is 8.88. The van der Waals surface area contributed by atoms with Crippen molar-refractivity contribution in [2.45, 2.75) is 65.9 Å². The first-order valence-electron chi connectivity index (χ1n) is 10.2. The fourth-order valence-electron chi connectivity index (χ4n) is 4.33. The molecule has 0 aliphatic carbocycles. The molecule has 6 heteroatoms. The third-order valence-corrected chi connectivity index (χ3v) is 5.42. The molecule has 1 amide bonds. The lowest BCUT2D eigenvalue weighted by Crippen LogP contribution is -2.48. The second kappa shape index (κ2) is 9.58. The Hall–Kier alpha value is -1.30. The monoisotopic (exact) mass is 366 g/mol. The molecule has 2 aliphatic heterocycles. The predicted octanol–water partition coefficient (Wildman–Crippen LogP) is 2.38. The quantitative estimate of drug-likeness (QED) is 0.578. The maximum Gasteiger partial charge on any atom is 0.217 e. The van der Waals surface area contributed by atoms with E-state index in [1.54, 1.807) is 0 Å². The number of rotatable bonds is 5. The summed E-state index contributed by atoms with van der Waals surface area (Å²) >= 11 is 0. The summed E-state index contributed by atoms with van der Waals surface area (Å²) in [5, 5.41) is 3.44. The van der Waals surface area contributed by atoms with E-state index < -0.39 is 0 Å². The second-order valence-electron chi connectivity index (χ2n) is 8.88. The van der Waals surface area contributed by atoms with Gasteiger partial charge in [0.1, 0.15) is 0 Å². The van der Waals surface area contributed by atoms with Gasteiger partial charge >= 0.3 is 0 Å². The highest BCUT2D eigenvalue weighted by Gasteiger charge is 2.35. The van der Waals surface area contributed by atoms with Crippen molar-refractivity contribution in [2.24, 2.45) is 28.0 Å². The van der Waals surface area contributed by atoms with Gasteiger partial charge in [-0.05, 0) is 43.9 Å². The number of hydrogen-bond donors (Lipinski definition) is 2. The fourth-order valence-corrected chi connectivity index (χ4v) is 4.33. The Balaban J connectivity index is 2.04. The highest BCUT2D eigenvalue weighted by atomic mass is 16.5. The Morgan fingerprint density at radius 3 is 2.73 bits per heavy atom. The Morgan fingerprint density at radius 1 is 1.31 bits per heavy atom. The zero-order valence-corrected chi connectivity index (χ0v) is 17.1. The average Bonchev–Trinajstić information content (AvgIpc) is 2.57. The van der Waals surface area contributed by atoms with Crippen LogP contribution in [0, 0.1) is 17.3 Å². The molecular weight excluding hydrogens is 328 g/mol.